The molecule has 0 saturated carbocycles. The van der Waals surface area contributed by atoms with Crippen molar-refractivity contribution in [3.63, 3.8) is 0 Å². The first-order valence-corrected chi connectivity index (χ1v) is 12.3. The molecular weight excluding hydrogens is 457 g/mol. The van der Waals surface area contributed by atoms with E-state index in [0.29, 0.717) is 25.1 Å². The molecule has 1 saturated heterocycles. The largest absolute Gasteiger partial charge is 0.497 e. The van der Waals surface area contributed by atoms with Gasteiger partial charge in [0.05, 0.1) is 19.1 Å². The lowest BCUT2D eigenvalue weighted by Crippen LogP contribution is -2.48. The van der Waals surface area contributed by atoms with Crippen LogP contribution in [-0.4, -0.2) is 59.9 Å². The predicted molar refractivity (Wildman–Crippen MR) is 136 cm³/mol. The van der Waals surface area contributed by atoms with Crippen LogP contribution in [0.15, 0.2) is 73.1 Å². The number of aromatic nitrogens is 1. The average molecular weight is 490 g/mol. The molecule has 0 bridgehead atoms. The first-order chi connectivity index (χ1) is 17.4. The highest BCUT2D eigenvalue weighted by atomic mass is 19.1. The molecule has 0 radical (unpaired) electrons. The number of ether oxygens (including phenoxy) is 1. The van der Waals surface area contributed by atoms with Gasteiger partial charge in [-0.15, -0.1) is 0 Å². The van der Waals surface area contributed by atoms with E-state index in [4.69, 9.17) is 4.74 Å². The molecule has 4 rings (SSSR count). The summed E-state index contributed by atoms with van der Waals surface area (Å²) in [6.45, 7) is 1.27. The van der Waals surface area contributed by atoms with E-state index >= 15 is 0 Å². The van der Waals surface area contributed by atoms with Gasteiger partial charge in [0, 0.05) is 38.6 Å². The zero-order valence-corrected chi connectivity index (χ0v) is 20.8. The molecular formula is C29H32FN3O3. The highest BCUT2D eigenvalue weighted by Gasteiger charge is 2.33. The molecule has 2 amide bonds. The number of hydrogen-bond donors (Lipinski definition) is 0. The van der Waals surface area contributed by atoms with Gasteiger partial charge < -0.3 is 14.5 Å². The third-order valence-corrected chi connectivity index (χ3v) is 7.01. The van der Waals surface area contributed by atoms with Crippen LogP contribution in [0.1, 0.15) is 34.3 Å². The number of amides is 2. The molecule has 6 nitrogen and oxygen atoms in total. The highest BCUT2D eigenvalue weighted by Crippen LogP contribution is 2.28. The van der Waals surface area contributed by atoms with Gasteiger partial charge >= 0.3 is 0 Å². The van der Waals surface area contributed by atoms with Crippen LogP contribution in [-0.2, 0) is 17.6 Å². The van der Waals surface area contributed by atoms with Crippen LogP contribution in [0.25, 0.3) is 0 Å². The van der Waals surface area contributed by atoms with Crippen molar-refractivity contribution in [3.05, 3.63) is 95.6 Å². The van der Waals surface area contributed by atoms with Crippen molar-refractivity contribution in [2.45, 2.75) is 31.7 Å². The number of piperidine rings is 1. The number of carbonyl (C=O) groups is 2. The molecule has 1 fully saturated rings. The van der Waals surface area contributed by atoms with Crippen molar-refractivity contribution in [1.82, 2.24) is 14.8 Å². The third-order valence-electron chi connectivity index (χ3n) is 7.01. The molecule has 7 heteroatoms. The summed E-state index contributed by atoms with van der Waals surface area (Å²) in [5.41, 5.74) is 2.46. The third kappa shape index (κ3) is 6.27. The minimum atomic E-state index is -0.306. The number of likely N-dealkylation sites (N-methyl/N-ethyl adjacent to an activating group) is 1. The SMILES string of the molecule is COc1cccc(C[C@@H](C2CCN(C(=O)Cc3ccc(F)cc3)CC2)N(C)C(=O)c2cccnc2)c1. The van der Waals surface area contributed by atoms with E-state index < -0.39 is 0 Å². The van der Waals surface area contributed by atoms with E-state index in [0.717, 1.165) is 29.7 Å². The van der Waals surface area contributed by atoms with Crippen LogP contribution in [0.2, 0.25) is 0 Å². The van der Waals surface area contributed by atoms with Crippen LogP contribution < -0.4 is 4.74 Å². The van der Waals surface area contributed by atoms with Gasteiger partial charge in [-0.2, -0.15) is 0 Å². The lowest BCUT2D eigenvalue weighted by molar-refractivity contribution is -0.132. The summed E-state index contributed by atoms with van der Waals surface area (Å²) in [4.78, 5) is 34.0. The van der Waals surface area contributed by atoms with Gasteiger partial charge in [-0.1, -0.05) is 24.3 Å². The van der Waals surface area contributed by atoms with Crippen LogP contribution in [0.5, 0.6) is 5.75 Å². The molecule has 188 valence electrons. The molecule has 3 aromatic rings. The lowest BCUT2D eigenvalue weighted by atomic mass is 9.84. The standard InChI is InChI=1S/C29H32FN3O3/c1-32(29(35)24-6-4-14-31-20-24)27(18-22-5-3-7-26(17-22)36-2)23-12-15-33(16-13-23)28(34)19-21-8-10-25(30)11-9-21/h3-11,14,17,20,23,27H,12-13,15-16,18-19H2,1-2H3/t27-/m0/s1. The lowest BCUT2D eigenvalue weighted by Gasteiger charge is -2.40. The number of halogens is 1. The molecule has 1 aliphatic heterocycles. The number of methoxy groups -OCH3 is 1. The first kappa shape index (κ1) is 25.4. The van der Waals surface area contributed by atoms with Gasteiger partial charge in [-0.25, -0.2) is 4.39 Å². The minimum Gasteiger partial charge on any atom is -0.497 e. The Bertz CT molecular complexity index is 1160. The van der Waals surface area contributed by atoms with Crippen molar-refractivity contribution in [2.24, 2.45) is 5.92 Å². The van der Waals surface area contributed by atoms with E-state index in [1.54, 1.807) is 43.8 Å². The Morgan fingerprint density at radius 2 is 1.83 bits per heavy atom. The molecule has 0 aliphatic carbocycles. The van der Waals surface area contributed by atoms with Crippen molar-refractivity contribution in [3.8, 4) is 5.75 Å². The monoisotopic (exact) mass is 489 g/mol. The maximum Gasteiger partial charge on any atom is 0.255 e. The molecule has 2 heterocycles. The second kappa shape index (κ2) is 11.8. The Kier molecular flexibility index (Phi) is 8.31. The van der Waals surface area contributed by atoms with Crippen molar-refractivity contribution in [2.75, 3.05) is 27.2 Å². The van der Waals surface area contributed by atoms with Gasteiger partial charge in [-0.3, -0.25) is 14.6 Å². The fraction of sp³-hybridized carbons (Fsp3) is 0.345. The number of benzene rings is 2. The fourth-order valence-corrected chi connectivity index (χ4v) is 4.93. The van der Waals surface area contributed by atoms with Crippen molar-refractivity contribution < 1.29 is 18.7 Å². The molecule has 1 atom stereocenters. The molecule has 1 aliphatic rings. The first-order valence-electron chi connectivity index (χ1n) is 12.3. The minimum absolute atomic E-state index is 0.0424. The zero-order valence-electron chi connectivity index (χ0n) is 20.8. The van der Waals surface area contributed by atoms with Gasteiger partial charge in [0.2, 0.25) is 5.91 Å². The fourth-order valence-electron chi connectivity index (χ4n) is 4.93. The van der Waals surface area contributed by atoms with Crippen LogP contribution in [0, 0.1) is 11.7 Å². The number of likely N-dealkylation sites (tertiary alicyclic amines) is 1. The second-order valence-electron chi connectivity index (χ2n) is 9.30. The summed E-state index contributed by atoms with van der Waals surface area (Å²) in [7, 11) is 3.50. The second-order valence-corrected chi connectivity index (χ2v) is 9.30. The van der Waals surface area contributed by atoms with E-state index in [1.807, 2.05) is 35.0 Å². The Balaban J connectivity index is 1.46. The van der Waals surface area contributed by atoms with Crippen LogP contribution in [0.4, 0.5) is 4.39 Å². The summed E-state index contributed by atoms with van der Waals surface area (Å²) in [5.74, 6) is 0.694. The van der Waals surface area contributed by atoms with Crippen molar-refractivity contribution >= 4 is 11.8 Å². The number of rotatable bonds is 8. The molecule has 0 unspecified atom stereocenters. The van der Waals surface area contributed by atoms with E-state index in [-0.39, 0.29) is 36.0 Å². The van der Waals surface area contributed by atoms with Crippen LogP contribution in [0.3, 0.4) is 0 Å². The van der Waals surface area contributed by atoms with E-state index in [9.17, 15) is 14.0 Å². The Morgan fingerprint density at radius 3 is 2.50 bits per heavy atom. The summed E-state index contributed by atoms with van der Waals surface area (Å²) in [5, 5.41) is 0. The maximum absolute atomic E-state index is 13.3. The summed E-state index contributed by atoms with van der Waals surface area (Å²) in [6.07, 6.45) is 5.80. The average Bonchev–Trinajstić information content (AvgIpc) is 2.93. The molecule has 36 heavy (non-hydrogen) atoms. The van der Waals surface area contributed by atoms with E-state index in [1.165, 1.54) is 12.1 Å². The number of pyridine rings is 1. The quantitative estimate of drug-likeness (QED) is 0.471. The number of hydrogen-bond acceptors (Lipinski definition) is 4. The summed E-state index contributed by atoms with van der Waals surface area (Å²) >= 11 is 0. The highest BCUT2D eigenvalue weighted by molar-refractivity contribution is 5.94. The maximum atomic E-state index is 13.3. The number of carbonyl (C=O) groups excluding carboxylic acids is 2. The summed E-state index contributed by atoms with van der Waals surface area (Å²) in [6, 6.07) is 17.5. The van der Waals surface area contributed by atoms with Gasteiger partial charge in [0.15, 0.2) is 0 Å². The smallest absolute Gasteiger partial charge is 0.255 e. The Labute approximate surface area is 211 Å². The topological polar surface area (TPSA) is 62.7 Å². The molecule has 0 spiro atoms. The molecule has 1 aromatic heterocycles. The van der Waals surface area contributed by atoms with E-state index in [2.05, 4.69) is 11.1 Å². The zero-order chi connectivity index (χ0) is 25.5. The van der Waals surface area contributed by atoms with Crippen LogP contribution >= 0.6 is 0 Å². The van der Waals surface area contributed by atoms with Gasteiger partial charge in [0.1, 0.15) is 11.6 Å². The molecule has 0 N–H and O–H groups in total. The number of nitrogens with zero attached hydrogens (tertiary/aromatic N) is 3. The predicted octanol–water partition coefficient (Wildman–Crippen LogP) is 4.39. The van der Waals surface area contributed by atoms with Gasteiger partial charge in [-0.05, 0) is 72.7 Å². The van der Waals surface area contributed by atoms with Crippen molar-refractivity contribution in [1.29, 1.82) is 0 Å². The molecule has 2 aromatic carbocycles. The summed E-state index contributed by atoms with van der Waals surface area (Å²) < 4.78 is 18.6. The van der Waals surface area contributed by atoms with Gasteiger partial charge in [0.25, 0.3) is 5.91 Å². The Morgan fingerprint density at radius 1 is 1.08 bits per heavy atom. The Hall–Kier alpha value is -3.74. The normalized spacial score (nSPS) is 14.8.